The number of fused-ring (bicyclic) bond motifs is 1. The van der Waals surface area contributed by atoms with Gasteiger partial charge in [-0.2, -0.15) is 0 Å². The predicted octanol–water partition coefficient (Wildman–Crippen LogP) is 3.94. The summed E-state index contributed by atoms with van der Waals surface area (Å²) in [5.74, 6) is 1.03. The Morgan fingerprint density at radius 1 is 1.32 bits per heavy atom. The first-order valence-electron chi connectivity index (χ1n) is 9.41. The van der Waals surface area contributed by atoms with E-state index in [1.54, 1.807) is 4.90 Å². The van der Waals surface area contributed by atoms with Gasteiger partial charge in [-0.15, -0.1) is 10.2 Å². The Bertz CT molecular complexity index is 905. The van der Waals surface area contributed by atoms with E-state index in [4.69, 9.17) is 25.8 Å². The number of ether oxygens (including phenoxy) is 3. The van der Waals surface area contributed by atoms with Crippen molar-refractivity contribution in [3.63, 3.8) is 0 Å². The van der Waals surface area contributed by atoms with Crippen LogP contribution in [0.4, 0.5) is 4.79 Å². The second kappa shape index (κ2) is 7.93. The van der Waals surface area contributed by atoms with Crippen LogP contribution in [0.5, 0.6) is 17.4 Å². The zero-order valence-electron chi connectivity index (χ0n) is 15.9. The van der Waals surface area contributed by atoms with Crippen molar-refractivity contribution in [1.29, 1.82) is 0 Å². The van der Waals surface area contributed by atoms with Crippen LogP contribution in [-0.2, 0) is 17.6 Å². The van der Waals surface area contributed by atoms with Gasteiger partial charge in [-0.05, 0) is 49.8 Å². The summed E-state index contributed by atoms with van der Waals surface area (Å²) in [6, 6.07) is 5.55. The molecule has 8 heteroatoms. The SMILES string of the molecule is Cc1ccc2c(c1Oc1nnc(Cl)cc1OC(=O)N1CCOCC1C)CCC2. The third kappa shape index (κ3) is 3.77. The van der Waals surface area contributed by atoms with E-state index in [0.717, 1.165) is 30.6 Å². The Kier molecular flexibility index (Phi) is 5.37. The van der Waals surface area contributed by atoms with E-state index >= 15 is 0 Å². The number of amides is 1. The highest BCUT2D eigenvalue weighted by atomic mass is 35.5. The number of aromatic nitrogens is 2. The number of nitrogens with zero attached hydrogens (tertiary/aromatic N) is 3. The molecule has 0 bridgehead atoms. The summed E-state index contributed by atoms with van der Waals surface area (Å²) < 4.78 is 17.1. The Morgan fingerprint density at radius 2 is 2.18 bits per heavy atom. The van der Waals surface area contributed by atoms with Gasteiger partial charge < -0.3 is 19.1 Å². The zero-order chi connectivity index (χ0) is 19.7. The molecule has 2 aliphatic rings. The molecule has 1 unspecified atom stereocenters. The topological polar surface area (TPSA) is 73.8 Å². The van der Waals surface area contributed by atoms with Crippen molar-refractivity contribution in [2.45, 2.75) is 39.2 Å². The summed E-state index contributed by atoms with van der Waals surface area (Å²) in [4.78, 5) is 14.3. The monoisotopic (exact) mass is 403 g/mol. The van der Waals surface area contributed by atoms with Crippen molar-refractivity contribution in [3.05, 3.63) is 40.0 Å². The average Bonchev–Trinajstić information content (AvgIpc) is 3.15. The lowest BCUT2D eigenvalue weighted by Gasteiger charge is -2.32. The van der Waals surface area contributed by atoms with Crippen LogP contribution in [0.25, 0.3) is 0 Å². The summed E-state index contributed by atoms with van der Waals surface area (Å²) in [5, 5.41) is 8.02. The summed E-state index contributed by atoms with van der Waals surface area (Å²) in [7, 11) is 0. The van der Waals surface area contributed by atoms with Gasteiger partial charge in [0.05, 0.1) is 19.3 Å². The fraction of sp³-hybridized carbons (Fsp3) is 0.450. The highest BCUT2D eigenvalue weighted by molar-refractivity contribution is 6.29. The minimum atomic E-state index is -0.486. The van der Waals surface area contributed by atoms with Gasteiger partial charge in [-0.3, -0.25) is 0 Å². The van der Waals surface area contributed by atoms with Crippen molar-refractivity contribution < 1.29 is 19.0 Å². The molecule has 7 nitrogen and oxygen atoms in total. The lowest BCUT2D eigenvalue weighted by Crippen LogP contribution is -2.48. The number of benzene rings is 1. The quantitative estimate of drug-likeness (QED) is 0.772. The van der Waals surface area contributed by atoms with E-state index in [2.05, 4.69) is 16.3 Å². The molecule has 0 saturated carbocycles. The van der Waals surface area contributed by atoms with E-state index < -0.39 is 6.09 Å². The minimum Gasteiger partial charge on any atom is -0.434 e. The van der Waals surface area contributed by atoms with E-state index in [-0.39, 0.29) is 22.8 Å². The fourth-order valence-corrected chi connectivity index (χ4v) is 3.76. The summed E-state index contributed by atoms with van der Waals surface area (Å²) in [6.07, 6.45) is 2.60. The molecule has 1 atom stereocenters. The van der Waals surface area contributed by atoms with Gasteiger partial charge in [0.2, 0.25) is 0 Å². The van der Waals surface area contributed by atoms with E-state index in [1.807, 2.05) is 19.9 Å². The molecule has 1 amide bonds. The Hall–Kier alpha value is -2.38. The molecule has 148 valence electrons. The molecule has 28 heavy (non-hydrogen) atoms. The van der Waals surface area contributed by atoms with Crippen LogP contribution in [0.15, 0.2) is 18.2 Å². The van der Waals surface area contributed by atoms with E-state index in [0.29, 0.717) is 19.8 Å². The van der Waals surface area contributed by atoms with Crippen LogP contribution < -0.4 is 9.47 Å². The molecule has 1 aromatic heterocycles. The van der Waals surface area contributed by atoms with Gasteiger partial charge >= 0.3 is 6.09 Å². The Morgan fingerprint density at radius 3 is 3.00 bits per heavy atom. The van der Waals surface area contributed by atoms with Crippen molar-refractivity contribution in [2.75, 3.05) is 19.8 Å². The van der Waals surface area contributed by atoms with E-state index in [1.165, 1.54) is 17.2 Å². The third-order valence-electron chi connectivity index (χ3n) is 5.12. The molecular formula is C20H22ClN3O4. The predicted molar refractivity (Wildman–Crippen MR) is 103 cm³/mol. The summed E-state index contributed by atoms with van der Waals surface area (Å²) in [6.45, 7) is 5.31. The molecular weight excluding hydrogens is 382 g/mol. The second-order valence-electron chi connectivity index (χ2n) is 7.13. The molecule has 1 aromatic carbocycles. The lowest BCUT2D eigenvalue weighted by atomic mass is 10.1. The number of carbonyl (C=O) groups excluding carboxylic acids is 1. The van der Waals surface area contributed by atoms with Crippen molar-refractivity contribution in [2.24, 2.45) is 0 Å². The largest absolute Gasteiger partial charge is 0.434 e. The van der Waals surface area contributed by atoms with Gasteiger partial charge in [0.1, 0.15) is 5.75 Å². The molecule has 1 fully saturated rings. The molecule has 1 saturated heterocycles. The van der Waals surface area contributed by atoms with Crippen LogP contribution >= 0.6 is 11.6 Å². The van der Waals surface area contributed by atoms with Gasteiger partial charge in [-0.1, -0.05) is 23.7 Å². The highest BCUT2D eigenvalue weighted by Gasteiger charge is 2.27. The summed E-state index contributed by atoms with van der Waals surface area (Å²) >= 11 is 5.99. The first-order valence-corrected chi connectivity index (χ1v) is 9.79. The molecule has 1 aliphatic carbocycles. The zero-order valence-corrected chi connectivity index (χ0v) is 16.7. The molecule has 0 radical (unpaired) electrons. The number of hydrogen-bond donors (Lipinski definition) is 0. The second-order valence-corrected chi connectivity index (χ2v) is 7.51. The normalized spacial score (nSPS) is 18.7. The minimum absolute atomic E-state index is 0.0736. The van der Waals surface area contributed by atoms with Crippen LogP contribution in [0.3, 0.4) is 0 Å². The number of carbonyl (C=O) groups is 1. The maximum absolute atomic E-state index is 12.6. The van der Waals surface area contributed by atoms with Gasteiger partial charge in [-0.25, -0.2) is 4.79 Å². The molecule has 1 aliphatic heterocycles. The van der Waals surface area contributed by atoms with Crippen LogP contribution in [-0.4, -0.2) is 47.0 Å². The molecule has 2 heterocycles. The van der Waals surface area contributed by atoms with Crippen LogP contribution in [0.1, 0.15) is 30.0 Å². The lowest BCUT2D eigenvalue weighted by molar-refractivity contribution is 0.00830. The van der Waals surface area contributed by atoms with Crippen molar-refractivity contribution in [1.82, 2.24) is 15.1 Å². The van der Waals surface area contributed by atoms with Crippen LogP contribution in [0.2, 0.25) is 5.15 Å². The third-order valence-corrected chi connectivity index (χ3v) is 5.31. The van der Waals surface area contributed by atoms with Crippen LogP contribution in [0, 0.1) is 6.92 Å². The van der Waals surface area contributed by atoms with Gasteiger partial charge in [0.25, 0.3) is 5.88 Å². The van der Waals surface area contributed by atoms with Gasteiger partial charge in [0.15, 0.2) is 10.9 Å². The number of halogens is 1. The Labute approximate surface area is 168 Å². The fourth-order valence-electron chi connectivity index (χ4n) is 3.62. The molecule has 2 aromatic rings. The molecule has 0 N–H and O–H groups in total. The number of rotatable bonds is 3. The average molecular weight is 404 g/mol. The molecule has 4 rings (SSSR count). The van der Waals surface area contributed by atoms with E-state index in [9.17, 15) is 4.79 Å². The number of aryl methyl sites for hydroxylation is 2. The first-order chi connectivity index (χ1) is 13.5. The number of hydrogen-bond acceptors (Lipinski definition) is 6. The maximum atomic E-state index is 12.6. The van der Waals surface area contributed by atoms with Crippen molar-refractivity contribution >= 4 is 17.7 Å². The van der Waals surface area contributed by atoms with Gasteiger partial charge in [0, 0.05) is 12.6 Å². The number of morpholine rings is 1. The molecule has 0 spiro atoms. The Balaban J connectivity index is 1.61. The van der Waals surface area contributed by atoms with Crippen molar-refractivity contribution in [3.8, 4) is 17.4 Å². The summed E-state index contributed by atoms with van der Waals surface area (Å²) in [5.41, 5.74) is 3.45. The smallest absolute Gasteiger partial charge is 0.415 e. The first kappa shape index (κ1) is 19.0. The highest BCUT2D eigenvalue weighted by Crippen LogP contribution is 2.38. The standard InChI is InChI=1S/C20H22ClN3O4/c1-12-6-7-14-4-3-5-15(14)18(12)28-19-16(10-17(21)22-23-19)27-20(25)24-8-9-26-11-13(24)2/h6-7,10,13H,3-5,8-9,11H2,1-2H3. The maximum Gasteiger partial charge on any atom is 0.415 e.